The van der Waals surface area contributed by atoms with E-state index >= 15 is 0 Å². The van der Waals surface area contributed by atoms with Gasteiger partial charge in [-0.25, -0.2) is 4.39 Å². The lowest BCUT2D eigenvalue weighted by Gasteiger charge is -2.31. The van der Waals surface area contributed by atoms with Crippen LogP contribution in [0.15, 0.2) is 69.1 Å². The molecule has 0 bridgehead atoms. The fraction of sp³-hybridized carbons (Fsp3) is 0.286. The maximum Gasteiger partial charge on any atom is 0.223 e. The standard InChI is InChI=1S/C21H21FN4O2S/c22-16-3-1-5-18(13-16)29-20-7-6-19(24-25-20)26-10-8-15(9-11-26)21(27)23-14-17-4-2-12-28-17/h1-7,12-13,15H,8-11,14H2,(H,23,27). The summed E-state index contributed by atoms with van der Waals surface area (Å²) in [4.78, 5) is 15.3. The molecule has 1 aliphatic heterocycles. The van der Waals surface area contributed by atoms with Crippen LogP contribution in [0.5, 0.6) is 0 Å². The molecule has 8 heteroatoms. The maximum atomic E-state index is 13.3. The first-order valence-corrected chi connectivity index (χ1v) is 10.3. The van der Waals surface area contributed by atoms with Gasteiger partial charge in [0.2, 0.25) is 5.91 Å². The van der Waals surface area contributed by atoms with Crippen LogP contribution < -0.4 is 10.2 Å². The Morgan fingerprint density at radius 2 is 2.03 bits per heavy atom. The van der Waals surface area contributed by atoms with E-state index in [9.17, 15) is 9.18 Å². The monoisotopic (exact) mass is 412 g/mol. The van der Waals surface area contributed by atoms with Crippen molar-refractivity contribution in [1.82, 2.24) is 15.5 Å². The Balaban J connectivity index is 1.27. The van der Waals surface area contributed by atoms with Crippen molar-refractivity contribution in [3.63, 3.8) is 0 Å². The molecule has 29 heavy (non-hydrogen) atoms. The largest absolute Gasteiger partial charge is 0.467 e. The normalized spacial score (nSPS) is 14.7. The average molecular weight is 412 g/mol. The molecule has 1 N–H and O–H groups in total. The van der Waals surface area contributed by atoms with E-state index in [0.29, 0.717) is 11.6 Å². The van der Waals surface area contributed by atoms with E-state index < -0.39 is 0 Å². The SMILES string of the molecule is O=C(NCc1ccco1)C1CCN(c2ccc(Sc3cccc(F)c3)nn2)CC1. The number of carbonyl (C=O) groups excluding carboxylic acids is 1. The number of furan rings is 1. The fourth-order valence-electron chi connectivity index (χ4n) is 3.29. The van der Waals surface area contributed by atoms with Crippen LogP contribution in [0, 0.1) is 11.7 Å². The molecule has 3 aromatic rings. The van der Waals surface area contributed by atoms with Gasteiger partial charge in [-0.15, -0.1) is 10.2 Å². The van der Waals surface area contributed by atoms with Crippen LogP contribution >= 0.6 is 11.8 Å². The number of benzene rings is 1. The highest BCUT2D eigenvalue weighted by Gasteiger charge is 2.25. The summed E-state index contributed by atoms with van der Waals surface area (Å²) in [5, 5.41) is 12.2. The van der Waals surface area contributed by atoms with Crippen LogP contribution in [-0.4, -0.2) is 29.2 Å². The number of aromatic nitrogens is 2. The molecular formula is C21H21FN4O2S. The Morgan fingerprint density at radius 3 is 2.72 bits per heavy atom. The van der Waals surface area contributed by atoms with Gasteiger partial charge in [-0.2, -0.15) is 0 Å². The van der Waals surface area contributed by atoms with Gasteiger partial charge in [0.15, 0.2) is 5.82 Å². The lowest BCUT2D eigenvalue weighted by molar-refractivity contribution is -0.125. The lowest BCUT2D eigenvalue weighted by Crippen LogP contribution is -2.40. The number of anilines is 1. The van der Waals surface area contributed by atoms with E-state index in [4.69, 9.17) is 4.42 Å². The van der Waals surface area contributed by atoms with Crippen molar-refractivity contribution < 1.29 is 13.6 Å². The lowest BCUT2D eigenvalue weighted by atomic mass is 9.96. The van der Waals surface area contributed by atoms with Crippen LogP contribution in [0.3, 0.4) is 0 Å². The molecule has 2 aromatic heterocycles. The highest BCUT2D eigenvalue weighted by Crippen LogP contribution is 2.28. The molecule has 1 aromatic carbocycles. The molecular weight excluding hydrogens is 391 g/mol. The topological polar surface area (TPSA) is 71.3 Å². The third-order valence-corrected chi connectivity index (χ3v) is 5.77. The molecule has 0 saturated carbocycles. The molecule has 0 unspecified atom stereocenters. The van der Waals surface area contributed by atoms with Crippen LogP contribution in [-0.2, 0) is 11.3 Å². The predicted octanol–water partition coefficient (Wildman–Crippen LogP) is 3.89. The third kappa shape index (κ3) is 5.14. The van der Waals surface area contributed by atoms with E-state index in [1.165, 1.54) is 23.9 Å². The molecule has 0 radical (unpaired) electrons. The fourth-order valence-corrected chi connectivity index (χ4v) is 4.07. The van der Waals surface area contributed by atoms with Gasteiger partial charge in [0.25, 0.3) is 0 Å². The summed E-state index contributed by atoms with van der Waals surface area (Å²) in [7, 11) is 0. The summed E-state index contributed by atoms with van der Waals surface area (Å²) < 4.78 is 18.5. The average Bonchev–Trinajstić information content (AvgIpc) is 3.26. The number of halogens is 1. The number of rotatable bonds is 6. The number of nitrogens with one attached hydrogen (secondary N) is 1. The van der Waals surface area contributed by atoms with Crippen LogP contribution in [0.4, 0.5) is 10.2 Å². The smallest absolute Gasteiger partial charge is 0.223 e. The first kappa shape index (κ1) is 19.4. The molecule has 0 spiro atoms. The minimum Gasteiger partial charge on any atom is -0.467 e. The number of hydrogen-bond acceptors (Lipinski definition) is 6. The van der Waals surface area contributed by atoms with Gasteiger partial charge in [0.05, 0.1) is 12.8 Å². The van der Waals surface area contributed by atoms with Gasteiger partial charge < -0.3 is 14.6 Å². The van der Waals surface area contributed by atoms with Crippen molar-refractivity contribution in [2.45, 2.75) is 29.3 Å². The van der Waals surface area contributed by atoms with Crippen molar-refractivity contribution in [3.8, 4) is 0 Å². The van der Waals surface area contributed by atoms with Crippen molar-refractivity contribution in [2.75, 3.05) is 18.0 Å². The highest BCUT2D eigenvalue weighted by molar-refractivity contribution is 7.99. The second-order valence-corrected chi connectivity index (χ2v) is 7.94. The zero-order valence-corrected chi connectivity index (χ0v) is 16.6. The molecule has 150 valence electrons. The van der Waals surface area contributed by atoms with E-state index in [1.54, 1.807) is 12.3 Å². The summed E-state index contributed by atoms with van der Waals surface area (Å²) in [6, 6.07) is 13.9. The Bertz CT molecular complexity index is 942. The number of piperidine rings is 1. The first-order chi connectivity index (χ1) is 14.2. The second-order valence-electron chi connectivity index (χ2n) is 6.85. The molecule has 6 nitrogen and oxygen atoms in total. The van der Waals surface area contributed by atoms with E-state index in [0.717, 1.165) is 42.4 Å². The number of hydrogen-bond donors (Lipinski definition) is 1. The van der Waals surface area contributed by atoms with E-state index in [2.05, 4.69) is 20.4 Å². The Kier molecular flexibility index (Phi) is 6.09. The zero-order valence-electron chi connectivity index (χ0n) is 15.8. The number of nitrogens with zero attached hydrogens (tertiary/aromatic N) is 3. The van der Waals surface area contributed by atoms with E-state index in [1.807, 2.05) is 30.3 Å². The van der Waals surface area contributed by atoms with Crippen LogP contribution in [0.1, 0.15) is 18.6 Å². The second kappa shape index (κ2) is 9.09. The number of amides is 1. The summed E-state index contributed by atoms with van der Waals surface area (Å²) in [5.41, 5.74) is 0. The van der Waals surface area contributed by atoms with Crippen molar-refractivity contribution in [1.29, 1.82) is 0 Å². The van der Waals surface area contributed by atoms with Crippen molar-refractivity contribution in [2.24, 2.45) is 5.92 Å². The minimum atomic E-state index is -0.268. The molecule has 4 rings (SSSR count). The molecule has 1 saturated heterocycles. The molecule has 0 aliphatic carbocycles. The summed E-state index contributed by atoms with van der Waals surface area (Å²) in [6.07, 6.45) is 3.14. The molecule has 3 heterocycles. The van der Waals surface area contributed by atoms with Gasteiger partial charge in [-0.05, 0) is 55.3 Å². The first-order valence-electron chi connectivity index (χ1n) is 9.49. The summed E-state index contributed by atoms with van der Waals surface area (Å²) >= 11 is 1.37. The van der Waals surface area contributed by atoms with Gasteiger partial charge in [-0.3, -0.25) is 4.79 Å². The van der Waals surface area contributed by atoms with E-state index in [-0.39, 0.29) is 17.6 Å². The van der Waals surface area contributed by atoms with Crippen LogP contribution in [0.25, 0.3) is 0 Å². The van der Waals surface area contributed by atoms with Gasteiger partial charge >= 0.3 is 0 Å². The number of carbonyl (C=O) groups is 1. The Hall–Kier alpha value is -2.87. The molecule has 1 fully saturated rings. The molecule has 0 atom stereocenters. The Labute approximate surface area is 172 Å². The summed E-state index contributed by atoms with van der Waals surface area (Å²) in [5.74, 6) is 1.34. The predicted molar refractivity (Wildman–Crippen MR) is 108 cm³/mol. The Morgan fingerprint density at radius 1 is 1.17 bits per heavy atom. The quantitative estimate of drug-likeness (QED) is 0.662. The maximum absolute atomic E-state index is 13.3. The minimum absolute atomic E-state index is 0.00280. The van der Waals surface area contributed by atoms with Crippen molar-refractivity contribution in [3.05, 3.63) is 66.4 Å². The summed E-state index contributed by atoms with van der Waals surface area (Å²) in [6.45, 7) is 1.93. The van der Waals surface area contributed by atoms with Crippen molar-refractivity contribution >= 4 is 23.5 Å². The van der Waals surface area contributed by atoms with Gasteiger partial charge in [-0.1, -0.05) is 17.8 Å². The van der Waals surface area contributed by atoms with Gasteiger partial charge in [0.1, 0.15) is 16.6 Å². The molecule has 1 amide bonds. The highest BCUT2D eigenvalue weighted by atomic mass is 32.2. The zero-order chi connectivity index (χ0) is 20.1. The molecule has 1 aliphatic rings. The van der Waals surface area contributed by atoms with Crippen LogP contribution in [0.2, 0.25) is 0 Å². The third-order valence-electron chi connectivity index (χ3n) is 4.85. The van der Waals surface area contributed by atoms with Gasteiger partial charge in [0, 0.05) is 23.9 Å².